The summed E-state index contributed by atoms with van der Waals surface area (Å²) in [7, 11) is 0. The molecule has 4 heteroatoms. The third-order valence-corrected chi connectivity index (χ3v) is 9.75. The average molecular weight is 637 g/mol. The van der Waals surface area contributed by atoms with E-state index >= 15 is 0 Å². The van der Waals surface area contributed by atoms with Gasteiger partial charge in [-0.2, -0.15) is 0 Å². The maximum atomic E-state index is 6.87. The van der Waals surface area contributed by atoms with E-state index in [2.05, 4.69) is 148 Å². The molecular weight excluding hydrogens is 601 g/mol. The zero-order valence-electron chi connectivity index (χ0n) is 28.1. The van der Waals surface area contributed by atoms with Crippen molar-refractivity contribution in [3.63, 3.8) is 0 Å². The van der Waals surface area contributed by atoms with Gasteiger partial charge in [-0.05, 0) is 76.6 Å². The first-order valence-corrected chi connectivity index (χ1v) is 17.1. The summed E-state index contributed by atoms with van der Waals surface area (Å²) in [6.45, 7) is 9.15. The van der Waals surface area contributed by atoms with Gasteiger partial charge in [0.1, 0.15) is 17.2 Å². The minimum atomic E-state index is 0.276. The zero-order chi connectivity index (χ0) is 33.2. The summed E-state index contributed by atoms with van der Waals surface area (Å²) >= 11 is 0. The molecule has 0 radical (unpaired) electrons. The first-order valence-electron chi connectivity index (χ1n) is 17.1. The van der Waals surface area contributed by atoms with E-state index in [1.54, 1.807) is 0 Å². The number of nitrogens with zero attached hydrogens (tertiary/aromatic N) is 2. The predicted octanol–water partition coefficient (Wildman–Crippen LogP) is 12.9. The molecule has 0 spiro atoms. The molecule has 49 heavy (non-hydrogen) atoms. The number of fused-ring (bicyclic) bond motifs is 6. The number of aromatic nitrogens is 2. The van der Waals surface area contributed by atoms with Gasteiger partial charge in [-0.25, -0.2) is 4.98 Å². The van der Waals surface area contributed by atoms with E-state index < -0.39 is 0 Å². The highest BCUT2D eigenvalue weighted by Gasteiger charge is 2.26. The number of hydrogen-bond acceptors (Lipinski definition) is 3. The Balaban J connectivity index is 1.33. The van der Waals surface area contributed by atoms with E-state index in [4.69, 9.17) is 13.8 Å². The molecule has 0 aliphatic rings. The van der Waals surface area contributed by atoms with Gasteiger partial charge < -0.3 is 8.83 Å². The Kier molecular flexibility index (Phi) is 6.80. The summed E-state index contributed by atoms with van der Waals surface area (Å²) in [5.74, 6) is 2.24. The monoisotopic (exact) mass is 636 g/mol. The van der Waals surface area contributed by atoms with Crippen LogP contribution in [0.3, 0.4) is 0 Å². The van der Waals surface area contributed by atoms with Crippen molar-refractivity contribution in [1.29, 1.82) is 0 Å². The molecule has 3 aromatic heterocycles. The van der Waals surface area contributed by atoms with Crippen molar-refractivity contribution in [2.75, 3.05) is 0 Å². The zero-order valence-corrected chi connectivity index (χ0v) is 28.1. The molecule has 0 fully saturated rings. The van der Waals surface area contributed by atoms with Gasteiger partial charge in [0, 0.05) is 21.7 Å². The van der Waals surface area contributed by atoms with Crippen LogP contribution >= 0.6 is 0 Å². The Morgan fingerprint density at radius 2 is 1.18 bits per heavy atom. The second-order valence-corrected chi connectivity index (χ2v) is 13.6. The van der Waals surface area contributed by atoms with Gasteiger partial charge in [-0.15, -0.1) is 0 Å². The van der Waals surface area contributed by atoms with Gasteiger partial charge in [-0.3, -0.25) is 4.57 Å². The summed E-state index contributed by atoms with van der Waals surface area (Å²) in [4.78, 5) is 5.35. The highest BCUT2D eigenvalue weighted by Crippen LogP contribution is 2.44. The number of hydrogen-bond donors (Lipinski definition) is 0. The summed E-state index contributed by atoms with van der Waals surface area (Å²) in [6.07, 6.45) is 0. The standard InChI is InChI=1S/C45H36N2O2/c1-27(2)36-24-32(29-14-7-5-8-15-29)25-37(28(3)4)41(36)47-39-21-12-11-20-38(39)46-45(47)35-19-13-18-33-34-23-22-31-26-40(30-16-9-6-10-17-30)48-42(31)44(34)49-43(33)35/h5-28H,1-4H3. The molecule has 0 saturated carbocycles. The molecule has 6 aromatic carbocycles. The van der Waals surface area contributed by atoms with Crippen LogP contribution in [0.2, 0.25) is 0 Å². The van der Waals surface area contributed by atoms with Crippen LogP contribution in [0.5, 0.6) is 0 Å². The van der Waals surface area contributed by atoms with E-state index in [0.717, 1.165) is 66.7 Å². The normalized spacial score (nSPS) is 12.0. The van der Waals surface area contributed by atoms with Crippen molar-refractivity contribution in [1.82, 2.24) is 9.55 Å². The Hall–Kier alpha value is -5.87. The molecule has 0 saturated heterocycles. The van der Waals surface area contributed by atoms with E-state index in [-0.39, 0.29) is 11.8 Å². The molecule has 4 nitrogen and oxygen atoms in total. The lowest BCUT2D eigenvalue weighted by molar-refractivity contribution is 0.611. The summed E-state index contributed by atoms with van der Waals surface area (Å²) in [6, 6.07) is 46.9. The van der Waals surface area contributed by atoms with Crippen LogP contribution in [0.15, 0.2) is 142 Å². The van der Waals surface area contributed by atoms with E-state index in [1.165, 1.54) is 27.9 Å². The first kappa shape index (κ1) is 29.3. The number of imidazole rings is 1. The highest BCUT2D eigenvalue weighted by molar-refractivity contribution is 6.16. The molecule has 9 rings (SSSR count). The number of para-hydroxylation sites is 3. The van der Waals surface area contributed by atoms with Crippen LogP contribution < -0.4 is 0 Å². The third-order valence-electron chi connectivity index (χ3n) is 9.75. The maximum absolute atomic E-state index is 6.87. The van der Waals surface area contributed by atoms with Crippen molar-refractivity contribution in [2.24, 2.45) is 0 Å². The smallest absolute Gasteiger partial charge is 0.178 e. The van der Waals surface area contributed by atoms with E-state index in [9.17, 15) is 0 Å². The fraction of sp³-hybridized carbons (Fsp3) is 0.133. The van der Waals surface area contributed by atoms with Crippen molar-refractivity contribution in [2.45, 2.75) is 39.5 Å². The molecule has 0 unspecified atom stereocenters. The molecule has 0 bridgehead atoms. The molecule has 0 aliphatic carbocycles. The van der Waals surface area contributed by atoms with Crippen molar-refractivity contribution in [3.8, 4) is 39.5 Å². The van der Waals surface area contributed by atoms with E-state index in [0.29, 0.717) is 0 Å². The quantitative estimate of drug-likeness (QED) is 0.182. The van der Waals surface area contributed by atoms with Crippen LogP contribution in [0.4, 0.5) is 0 Å². The van der Waals surface area contributed by atoms with Crippen LogP contribution in [-0.2, 0) is 0 Å². The first-order chi connectivity index (χ1) is 24.0. The van der Waals surface area contributed by atoms with Gasteiger partial charge in [0.25, 0.3) is 0 Å². The predicted molar refractivity (Wildman–Crippen MR) is 203 cm³/mol. The van der Waals surface area contributed by atoms with Crippen molar-refractivity contribution >= 4 is 43.9 Å². The molecule has 9 aromatic rings. The minimum absolute atomic E-state index is 0.276. The maximum Gasteiger partial charge on any atom is 0.178 e. The molecule has 0 amide bonds. The molecular formula is C45H36N2O2. The number of rotatable bonds is 6. The topological polar surface area (TPSA) is 44.1 Å². The largest absolute Gasteiger partial charge is 0.452 e. The van der Waals surface area contributed by atoms with Gasteiger partial charge in [0.15, 0.2) is 11.2 Å². The highest BCUT2D eigenvalue weighted by atomic mass is 16.4. The lowest BCUT2D eigenvalue weighted by Crippen LogP contribution is -2.09. The number of benzene rings is 6. The fourth-order valence-corrected chi connectivity index (χ4v) is 7.32. The van der Waals surface area contributed by atoms with Crippen LogP contribution in [0, 0.1) is 0 Å². The minimum Gasteiger partial charge on any atom is -0.452 e. The van der Waals surface area contributed by atoms with E-state index in [1.807, 2.05) is 18.2 Å². The Morgan fingerprint density at radius 3 is 1.90 bits per heavy atom. The van der Waals surface area contributed by atoms with Gasteiger partial charge in [0.05, 0.1) is 22.3 Å². The van der Waals surface area contributed by atoms with Gasteiger partial charge in [-0.1, -0.05) is 119 Å². The van der Waals surface area contributed by atoms with Crippen molar-refractivity contribution < 1.29 is 8.83 Å². The fourth-order valence-electron chi connectivity index (χ4n) is 7.32. The van der Waals surface area contributed by atoms with Crippen LogP contribution in [0.1, 0.15) is 50.7 Å². The SMILES string of the molecule is CC(C)c1cc(-c2ccccc2)cc(C(C)C)c1-n1c(-c2cccc3c2oc2c3ccc3cc(-c4ccccc4)oc32)nc2ccccc21. The molecule has 3 heterocycles. The number of furan rings is 2. The molecule has 238 valence electrons. The summed E-state index contributed by atoms with van der Waals surface area (Å²) in [5, 5.41) is 3.08. The lowest BCUT2D eigenvalue weighted by Gasteiger charge is -2.24. The second-order valence-electron chi connectivity index (χ2n) is 13.6. The second kappa shape index (κ2) is 11.4. The Bertz CT molecular complexity index is 2630. The van der Waals surface area contributed by atoms with Crippen molar-refractivity contribution in [3.05, 3.63) is 145 Å². The average Bonchev–Trinajstić information content (AvgIpc) is 3.85. The lowest BCUT2D eigenvalue weighted by atomic mass is 9.88. The van der Waals surface area contributed by atoms with Gasteiger partial charge >= 0.3 is 0 Å². The summed E-state index contributed by atoms with van der Waals surface area (Å²) < 4.78 is 15.8. The van der Waals surface area contributed by atoms with Gasteiger partial charge in [0.2, 0.25) is 0 Å². The Labute approximate surface area is 285 Å². The third kappa shape index (κ3) is 4.70. The summed E-state index contributed by atoms with van der Waals surface area (Å²) in [5.41, 5.74) is 12.6. The molecule has 0 atom stereocenters. The van der Waals surface area contributed by atoms with Crippen LogP contribution in [-0.4, -0.2) is 9.55 Å². The van der Waals surface area contributed by atoms with Crippen LogP contribution in [0.25, 0.3) is 83.5 Å². The molecule has 0 aliphatic heterocycles. The molecule has 0 N–H and O–H groups in total. The Morgan fingerprint density at radius 1 is 0.531 bits per heavy atom.